The Morgan fingerprint density at radius 1 is 1.35 bits per heavy atom. The van der Waals surface area contributed by atoms with E-state index in [2.05, 4.69) is 25.4 Å². The highest BCUT2D eigenvalue weighted by molar-refractivity contribution is 7.11. The maximum atomic E-state index is 12.4. The molecule has 1 atom stereocenters. The molecule has 23 heavy (non-hydrogen) atoms. The summed E-state index contributed by atoms with van der Waals surface area (Å²) in [5, 5.41) is 6.50. The minimum atomic E-state index is -0.485. The smallest absolute Gasteiger partial charge is 0.286 e. The Morgan fingerprint density at radius 3 is 2.74 bits per heavy atom. The van der Waals surface area contributed by atoms with Gasteiger partial charge in [0.05, 0.1) is 16.7 Å². The van der Waals surface area contributed by atoms with Crippen LogP contribution in [0.25, 0.3) is 5.78 Å². The third kappa shape index (κ3) is 2.74. The maximum Gasteiger partial charge on any atom is 0.286 e. The summed E-state index contributed by atoms with van der Waals surface area (Å²) in [7, 11) is 0. The molecule has 0 aliphatic carbocycles. The fraction of sp³-hybridized carbons (Fsp3) is 0.357. The predicted molar refractivity (Wildman–Crippen MR) is 85.8 cm³/mol. The molecule has 2 N–H and O–H groups in total. The number of aromatic nitrogens is 5. The zero-order chi connectivity index (χ0) is 16.7. The first-order valence-electron chi connectivity index (χ1n) is 7.06. The lowest BCUT2D eigenvalue weighted by atomic mass is 10.2. The van der Waals surface area contributed by atoms with Gasteiger partial charge >= 0.3 is 0 Å². The van der Waals surface area contributed by atoms with Crippen molar-refractivity contribution in [3.63, 3.8) is 0 Å². The molecule has 0 bridgehead atoms. The maximum absolute atomic E-state index is 12.4. The number of carbonyl (C=O) groups is 1. The quantitative estimate of drug-likeness (QED) is 0.752. The van der Waals surface area contributed by atoms with Crippen molar-refractivity contribution in [3.8, 4) is 0 Å². The van der Waals surface area contributed by atoms with Gasteiger partial charge in [-0.3, -0.25) is 14.7 Å². The van der Waals surface area contributed by atoms with E-state index in [0.29, 0.717) is 5.82 Å². The highest BCUT2D eigenvalue weighted by atomic mass is 32.1. The van der Waals surface area contributed by atoms with Crippen molar-refractivity contribution in [2.45, 2.75) is 33.7 Å². The van der Waals surface area contributed by atoms with Crippen molar-refractivity contribution in [1.29, 1.82) is 0 Å². The average Bonchev–Trinajstić information content (AvgIpc) is 3.01. The van der Waals surface area contributed by atoms with Crippen molar-refractivity contribution >= 4 is 23.0 Å². The molecule has 0 aromatic carbocycles. The summed E-state index contributed by atoms with van der Waals surface area (Å²) in [6, 6.07) is -0.295. The van der Waals surface area contributed by atoms with E-state index in [1.165, 1.54) is 6.20 Å². The van der Waals surface area contributed by atoms with Gasteiger partial charge in [-0.1, -0.05) is 0 Å². The van der Waals surface area contributed by atoms with Gasteiger partial charge in [0.2, 0.25) is 0 Å². The number of nitrogens with one attached hydrogen (secondary N) is 2. The van der Waals surface area contributed by atoms with E-state index in [0.717, 1.165) is 20.1 Å². The van der Waals surface area contributed by atoms with Crippen LogP contribution in [0.2, 0.25) is 0 Å². The van der Waals surface area contributed by atoms with Gasteiger partial charge in [-0.05, 0) is 27.7 Å². The molecule has 120 valence electrons. The second-order valence-electron chi connectivity index (χ2n) is 5.29. The normalized spacial score (nSPS) is 12.5. The molecular formula is C14H16N6O2S. The van der Waals surface area contributed by atoms with Crippen molar-refractivity contribution < 1.29 is 4.79 Å². The summed E-state index contributed by atoms with van der Waals surface area (Å²) in [6.07, 6.45) is 1.25. The molecule has 3 aromatic rings. The molecule has 0 aliphatic heterocycles. The summed E-state index contributed by atoms with van der Waals surface area (Å²) in [5.74, 6) is 0.305. The number of carbonyl (C=O) groups excluding carboxylic acids is 1. The van der Waals surface area contributed by atoms with Crippen LogP contribution in [0.1, 0.15) is 44.7 Å². The lowest BCUT2D eigenvalue weighted by Crippen LogP contribution is -2.33. The number of fused-ring (bicyclic) bond motifs is 1. The third-order valence-electron chi connectivity index (χ3n) is 3.43. The van der Waals surface area contributed by atoms with E-state index in [9.17, 15) is 9.59 Å². The van der Waals surface area contributed by atoms with Crippen LogP contribution >= 0.6 is 11.3 Å². The minimum Gasteiger partial charge on any atom is -0.344 e. The predicted octanol–water partition coefficient (Wildman–Crippen LogP) is 1.29. The summed E-state index contributed by atoms with van der Waals surface area (Å²) >= 11 is 1.57. The van der Waals surface area contributed by atoms with Crippen LogP contribution in [0.5, 0.6) is 0 Å². The Morgan fingerprint density at radius 2 is 2.09 bits per heavy atom. The number of aromatic amines is 1. The summed E-state index contributed by atoms with van der Waals surface area (Å²) in [6.45, 7) is 7.42. The van der Waals surface area contributed by atoms with Crippen LogP contribution in [0.15, 0.2) is 11.0 Å². The summed E-state index contributed by atoms with van der Waals surface area (Å²) in [4.78, 5) is 38.3. The largest absolute Gasteiger partial charge is 0.344 e. The summed E-state index contributed by atoms with van der Waals surface area (Å²) < 4.78 is 1.16. The number of rotatable bonds is 3. The van der Waals surface area contributed by atoms with Gasteiger partial charge in [-0.2, -0.15) is 9.50 Å². The number of H-pyrrole nitrogens is 1. The van der Waals surface area contributed by atoms with Gasteiger partial charge in [-0.25, -0.2) is 9.97 Å². The molecule has 1 amide bonds. The monoisotopic (exact) mass is 332 g/mol. The van der Waals surface area contributed by atoms with E-state index in [4.69, 9.17) is 0 Å². The lowest BCUT2D eigenvalue weighted by molar-refractivity contribution is 0.0937. The number of aryl methyl sites for hydroxylation is 3. The van der Waals surface area contributed by atoms with Crippen LogP contribution in [0.4, 0.5) is 0 Å². The molecule has 3 aromatic heterocycles. The number of nitrogens with zero attached hydrogens (tertiary/aromatic N) is 4. The van der Waals surface area contributed by atoms with E-state index >= 15 is 0 Å². The molecule has 0 fully saturated rings. The minimum absolute atomic E-state index is 0.0393. The average molecular weight is 332 g/mol. The summed E-state index contributed by atoms with van der Waals surface area (Å²) in [5.41, 5.74) is 0.293. The van der Waals surface area contributed by atoms with Gasteiger partial charge in [0.25, 0.3) is 17.2 Å². The van der Waals surface area contributed by atoms with Gasteiger partial charge in [0.15, 0.2) is 0 Å². The molecule has 0 saturated carbocycles. The number of thiazole rings is 1. The topological polar surface area (TPSA) is 105 Å². The Hall–Kier alpha value is -2.55. The first kappa shape index (κ1) is 15.3. The molecule has 0 unspecified atom stereocenters. The first-order valence-corrected chi connectivity index (χ1v) is 7.87. The van der Waals surface area contributed by atoms with E-state index in [1.807, 2.05) is 20.8 Å². The van der Waals surface area contributed by atoms with Crippen molar-refractivity contribution in [2.75, 3.05) is 0 Å². The zero-order valence-corrected chi connectivity index (χ0v) is 14.0. The fourth-order valence-corrected chi connectivity index (χ4v) is 3.32. The Kier molecular flexibility index (Phi) is 3.72. The Balaban J connectivity index is 1.90. The van der Waals surface area contributed by atoms with Crippen molar-refractivity contribution in [1.82, 2.24) is 29.9 Å². The number of hydrogen-bond donors (Lipinski definition) is 2. The number of amides is 1. The molecule has 0 radical (unpaired) electrons. The first-order chi connectivity index (χ1) is 10.9. The van der Waals surface area contributed by atoms with Crippen molar-refractivity contribution in [3.05, 3.63) is 43.5 Å². The van der Waals surface area contributed by atoms with Crippen LogP contribution in [0.3, 0.4) is 0 Å². The molecule has 9 heteroatoms. The van der Waals surface area contributed by atoms with Gasteiger partial charge in [-0.15, -0.1) is 11.3 Å². The Bertz CT molecular complexity index is 954. The molecule has 3 rings (SSSR count). The second kappa shape index (κ2) is 5.58. The molecule has 0 saturated heterocycles. The number of hydrogen-bond acceptors (Lipinski definition) is 6. The van der Waals surface area contributed by atoms with E-state index in [-0.39, 0.29) is 17.4 Å². The van der Waals surface area contributed by atoms with Crippen molar-refractivity contribution in [2.24, 2.45) is 0 Å². The molecular weight excluding hydrogens is 316 g/mol. The standard InChI is InChI=1S/C14H16N6O2S/c1-6(11-7(2)23-9(4)18-11)16-12(21)10-5-15-14-17-8(3)19-20(14)13(10)22/h5-6H,1-4H3,(H,16,21)(H,15,17,19)/t6-/m0/s1. The van der Waals surface area contributed by atoms with Gasteiger partial charge in [0, 0.05) is 11.1 Å². The third-order valence-corrected chi connectivity index (χ3v) is 4.33. The lowest BCUT2D eigenvalue weighted by Gasteiger charge is -2.12. The van der Waals surface area contributed by atoms with Gasteiger partial charge in [0.1, 0.15) is 11.4 Å². The van der Waals surface area contributed by atoms with Crippen LogP contribution < -0.4 is 10.9 Å². The highest BCUT2D eigenvalue weighted by Gasteiger charge is 2.20. The van der Waals surface area contributed by atoms with Gasteiger partial charge < -0.3 is 5.32 Å². The van der Waals surface area contributed by atoms with Crippen LogP contribution in [-0.2, 0) is 0 Å². The zero-order valence-electron chi connectivity index (χ0n) is 13.2. The second-order valence-corrected chi connectivity index (χ2v) is 6.70. The Labute approximate surface area is 135 Å². The molecule has 3 heterocycles. The van der Waals surface area contributed by atoms with E-state index < -0.39 is 11.5 Å². The van der Waals surface area contributed by atoms with Crippen LogP contribution in [0, 0.1) is 20.8 Å². The molecule has 8 nitrogen and oxygen atoms in total. The molecule has 0 spiro atoms. The highest BCUT2D eigenvalue weighted by Crippen LogP contribution is 2.22. The fourth-order valence-electron chi connectivity index (χ4n) is 2.41. The molecule has 0 aliphatic rings. The SMILES string of the molecule is Cc1nc2ncc(C(=O)N[C@@H](C)c3nc(C)sc3C)c(=O)n2[nH]1. The van der Waals surface area contributed by atoms with Crippen LogP contribution in [-0.4, -0.2) is 30.5 Å². The van der Waals surface area contributed by atoms with E-state index in [1.54, 1.807) is 18.3 Å².